The molecule has 31 heavy (non-hydrogen) atoms. The molecular formula is C22H34N2O6S. The van der Waals surface area contributed by atoms with E-state index in [1.807, 2.05) is 20.8 Å². The summed E-state index contributed by atoms with van der Waals surface area (Å²) in [4.78, 5) is 12.8. The molecular weight excluding hydrogens is 420 g/mol. The van der Waals surface area contributed by atoms with E-state index in [-0.39, 0.29) is 17.1 Å². The van der Waals surface area contributed by atoms with E-state index in [2.05, 4.69) is 5.32 Å². The molecule has 1 heterocycles. The van der Waals surface area contributed by atoms with Crippen molar-refractivity contribution in [1.29, 1.82) is 0 Å². The average Bonchev–Trinajstić information content (AvgIpc) is 3.61. The largest absolute Gasteiger partial charge is 0.490 e. The quantitative estimate of drug-likeness (QED) is 0.553. The van der Waals surface area contributed by atoms with Crippen LogP contribution >= 0.6 is 0 Å². The Balaban J connectivity index is 1.61. The predicted molar refractivity (Wildman–Crippen MR) is 119 cm³/mol. The zero-order valence-electron chi connectivity index (χ0n) is 18.7. The lowest BCUT2D eigenvalue weighted by Gasteiger charge is -2.31. The Kier molecular flexibility index (Phi) is 8.05. The summed E-state index contributed by atoms with van der Waals surface area (Å²) in [6.45, 7) is 8.55. The summed E-state index contributed by atoms with van der Waals surface area (Å²) in [5.74, 6) is 1.53. The highest BCUT2D eigenvalue weighted by molar-refractivity contribution is 7.90. The van der Waals surface area contributed by atoms with Crippen molar-refractivity contribution in [2.45, 2.75) is 51.7 Å². The second-order valence-electron chi connectivity index (χ2n) is 7.90. The molecule has 0 spiro atoms. The Morgan fingerprint density at radius 1 is 0.968 bits per heavy atom. The van der Waals surface area contributed by atoms with Gasteiger partial charge < -0.3 is 19.5 Å². The van der Waals surface area contributed by atoms with Gasteiger partial charge in [0, 0.05) is 25.2 Å². The first kappa shape index (κ1) is 23.7. The molecule has 1 saturated carbocycles. The number of ether oxygens (including phenoxy) is 3. The fourth-order valence-electron chi connectivity index (χ4n) is 3.80. The van der Waals surface area contributed by atoms with Gasteiger partial charge in [-0.3, -0.25) is 4.79 Å². The molecule has 8 nitrogen and oxygen atoms in total. The Bertz CT molecular complexity index is 834. The highest BCUT2D eigenvalue weighted by atomic mass is 32.2. The number of benzene rings is 1. The second-order valence-corrected chi connectivity index (χ2v) is 10.1. The van der Waals surface area contributed by atoms with Gasteiger partial charge in [-0.25, -0.2) is 12.7 Å². The lowest BCUT2D eigenvalue weighted by molar-refractivity contribution is 0.0940. The standard InChI is InChI=1S/C22H34N2O6S/c1-4-28-19-13-17(14-20(29-5-2)21(19)30-6-3)22(25)23-15-16-9-11-24(12-10-16)31(26,27)18-7-8-18/h13-14,16,18H,4-12,15H2,1-3H3,(H,23,25). The van der Waals surface area contributed by atoms with Gasteiger partial charge in [0.25, 0.3) is 5.91 Å². The minimum atomic E-state index is -3.11. The summed E-state index contributed by atoms with van der Waals surface area (Å²) in [5, 5.41) is 2.82. The van der Waals surface area contributed by atoms with Gasteiger partial charge in [-0.1, -0.05) is 0 Å². The third-order valence-electron chi connectivity index (χ3n) is 5.60. The van der Waals surface area contributed by atoms with Crippen LogP contribution in [-0.2, 0) is 10.0 Å². The van der Waals surface area contributed by atoms with Gasteiger partial charge in [0.05, 0.1) is 25.1 Å². The molecule has 0 unspecified atom stereocenters. The number of hydrogen-bond acceptors (Lipinski definition) is 6. The van der Waals surface area contributed by atoms with E-state index >= 15 is 0 Å². The first-order valence-corrected chi connectivity index (χ1v) is 12.7. The monoisotopic (exact) mass is 454 g/mol. The van der Waals surface area contributed by atoms with E-state index in [0.717, 1.165) is 25.7 Å². The Hall–Kier alpha value is -2.00. The maximum Gasteiger partial charge on any atom is 0.251 e. The number of hydrogen-bond donors (Lipinski definition) is 1. The molecule has 1 amide bonds. The number of nitrogens with one attached hydrogen (secondary N) is 1. The zero-order valence-corrected chi connectivity index (χ0v) is 19.5. The summed E-state index contributed by atoms with van der Waals surface area (Å²) < 4.78 is 43.4. The smallest absolute Gasteiger partial charge is 0.251 e. The molecule has 0 atom stereocenters. The van der Waals surface area contributed by atoms with E-state index in [0.29, 0.717) is 62.3 Å². The minimum Gasteiger partial charge on any atom is -0.490 e. The van der Waals surface area contributed by atoms with Crippen LogP contribution in [0, 0.1) is 5.92 Å². The molecule has 174 valence electrons. The molecule has 2 fully saturated rings. The number of sulfonamides is 1. The van der Waals surface area contributed by atoms with Crippen LogP contribution in [0.2, 0.25) is 0 Å². The van der Waals surface area contributed by atoms with Crippen LogP contribution in [0.4, 0.5) is 0 Å². The SMILES string of the molecule is CCOc1cc(C(=O)NCC2CCN(S(=O)(=O)C3CC3)CC2)cc(OCC)c1OCC. The summed E-state index contributed by atoms with van der Waals surface area (Å²) >= 11 is 0. The number of amides is 1. The third kappa shape index (κ3) is 5.83. The molecule has 0 bridgehead atoms. The van der Waals surface area contributed by atoms with Gasteiger partial charge in [0.2, 0.25) is 15.8 Å². The summed E-state index contributed by atoms with van der Waals surface area (Å²) in [5.41, 5.74) is 0.448. The fourth-order valence-corrected chi connectivity index (χ4v) is 5.68. The van der Waals surface area contributed by atoms with Crippen molar-refractivity contribution in [2.24, 2.45) is 5.92 Å². The molecule has 3 rings (SSSR count). The Labute approximate surface area is 185 Å². The maximum absolute atomic E-state index is 12.8. The fraction of sp³-hybridized carbons (Fsp3) is 0.682. The van der Waals surface area contributed by atoms with Crippen LogP contribution in [0.3, 0.4) is 0 Å². The van der Waals surface area contributed by atoms with E-state index in [1.54, 1.807) is 16.4 Å². The normalized spacial score (nSPS) is 17.9. The average molecular weight is 455 g/mol. The first-order valence-electron chi connectivity index (χ1n) is 11.2. The van der Waals surface area contributed by atoms with E-state index in [9.17, 15) is 13.2 Å². The van der Waals surface area contributed by atoms with E-state index < -0.39 is 10.0 Å². The molecule has 0 radical (unpaired) electrons. The van der Waals surface area contributed by atoms with Crippen molar-refractivity contribution in [3.63, 3.8) is 0 Å². The molecule has 1 saturated heterocycles. The van der Waals surface area contributed by atoms with Gasteiger partial charge in [0.15, 0.2) is 11.5 Å². The van der Waals surface area contributed by atoms with Gasteiger partial charge in [-0.05, 0) is 64.5 Å². The van der Waals surface area contributed by atoms with Crippen molar-refractivity contribution in [2.75, 3.05) is 39.5 Å². The molecule has 1 aromatic rings. The van der Waals surface area contributed by atoms with Crippen LogP contribution in [0.25, 0.3) is 0 Å². The molecule has 9 heteroatoms. The van der Waals surface area contributed by atoms with Crippen LogP contribution < -0.4 is 19.5 Å². The first-order chi connectivity index (χ1) is 14.9. The summed E-state index contributed by atoms with van der Waals surface area (Å²) in [6, 6.07) is 3.36. The molecule has 1 aliphatic carbocycles. The number of piperidine rings is 1. The minimum absolute atomic E-state index is 0.164. The topological polar surface area (TPSA) is 94.2 Å². The van der Waals surface area contributed by atoms with Crippen LogP contribution in [0.1, 0.15) is 56.8 Å². The van der Waals surface area contributed by atoms with Crippen molar-refractivity contribution in [3.8, 4) is 17.2 Å². The zero-order chi connectivity index (χ0) is 22.4. The van der Waals surface area contributed by atoms with E-state index in [4.69, 9.17) is 14.2 Å². The second kappa shape index (κ2) is 10.5. The Morgan fingerprint density at radius 2 is 1.52 bits per heavy atom. The van der Waals surface area contributed by atoms with Crippen molar-refractivity contribution in [1.82, 2.24) is 9.62 Å². The predicted octanol–water partition coefficient (Wildman–Crippen LogP) is 2.82. The number of rotatable bonds is 11. The highest BCUT2D eigenvalue weighted by Crippen LogP contribution is 2.39. The molecule has 2 aliphatic rings. The summed E-state index contributed by atoms with van der Waals surface area (Å²) in [7, 11) is -3.11. The van der Waals surface area contributed by atoms with Gasteiger partial charge in [-0.15, -0.1) is 0 Å². The van der Waals surface area contributed by atoms with Crippen molar-refractivity contribution in [3.05, 3.63) is 17.7 Å². The van der Waals surface area contributed by atoms with Crippen molar-refractivity contribution < 1.29 is 27.4 Å². The summed E-state index contributed by atoms with van der Waals surface area (Å²) in [6.07, 6.45) is 3.08. The molecule has 0 aromatic heterocycles. The number of nitrogens with zero attached hydrogens (tertiary/aromatic N) is 1. The van der Waals surface area contributed by atoms with Crippen LogP contribution in [-0.4, -0.2) is 63.3 Å². The number of carbonyl (C=O) groups is 1. The van der Waals surface area contributed by atoms with Gasteiger partial charge >= 0.3 is 0 Å². The van der Waals surface area contributed by atoms with Crippen LogP contribution in [0.5, 0.6) is 17.2 Å². The molecule has 1 N–H and O–H groups in total. The highest BCUT2D eigenvalue weighted by Gasteiger charge is 2.41. The molecule has 1 aliphatic heterocycles. The molecule has 1 aromatic carbocycles. The lowest BCUT2D eigenvalue weighted by atomic mass is 9.98. The Morgan fingerprint density at radius 3 is 2.00 bits per heavy atom. The van der Waals surface area contributed by atoms with E-state index in [1.165, 1.54) is 0 Å². The van der Waals surface area contributed by atoms with Gasteiger partial charge in [-0.2, -0.15) is 0 Å². The third-order valence-corrected chi connectivity index (χ3v) is 8.00. The van der Waals surface area contributed by atoms with Crippen LogP contribution in [0.15, 0.2) is 12.1 Å². The van der Waals surface area contributed by atoms with Gasteiger partial charge in [0.1, 0.15) is 0 Å². The maximum atomic E-state index is 12.8. The lowest BCUT2D eigenvalue weighted by Crippen LogP contribution is -2.42. The number of carbonyl (C=O) groups excluding carboxylic acids is 1. The van der Waals surface area contributed by atoms with Crippen molar-refractivity contribution >= 4 is 15.9 Å².